The van der Waals surface area contributed by atoms with Gasteiger partial charge in [-0.25, -0.2) is 0 Å². The molecule has 0 unspecified atom stereocenters. The minimum absolute atomic E-state index is 0. The molecule has 1 amide bonds. The maximum Gasteiger partial charge on any atom is 0.352 e. The molecular formula is C8H15ClF2N2O2. The van der Waals surface area contributed by atoms with E-state index in [1.54, 1.807) is 0 Å². The van der Waals surface area contributed by atoms with Gasteiger partial charge < -0.3 is 15.7 Å². The van der Waals surface area contributed by atoms with Crippen LogP contribution >= 0.6 is 12.4 Å². The van der Waals surface area contributed by atoms with Crippen LogP contribution in [0.3, 0.4) is 0 Å². The zero-order valence-electron chi connectivity index (χ0n) is 8.35. The number of halogens is 3. The highest BCUT2D eigenvalue weighted by atomic mass is 35.5. The van der Waals surface area contributed by atoms with Gasteiger partial charge in [0.1, 0.15) is 5.60 Å². The molecule has 0 spiro atoms. The molecule has 1 fully saturated rings. The highest BCUT2D eigenvalue weighted by molar-refractivity contribution is 5.85. The summed E-state index contributed by atoms with van der Waals surface area (Å²) in [5.74, 6) is -5.15. The molecule has 1 aliphatic heterocycles. The molecule has 15 heavy (non-hydrogen) atoms. The van der Waals surface area contributed by atoms with Gasteiger partial charge in [0.15, 0.2) is 0 Å². The number of carbonyl (C=O) groups excluding carboxylic acids is 1. The van der Waals surface area contributed by atoms with Crippen LogP contribution in [0.2, 0.25) is 0 Å². The predicted octanol–water partition coefficient (Wildman–Crippen LogP) is -0.0960. The number of carbonyl (C=O) groups is 1. The summed E-state index contributed by atoms with van der Waals surface area (Å²) in [5, 5.41) is 14.4. The fourth-order valence-corrected chi connectivity index (χ4v) is 1.52. The second-order valence-electron chi connectivity index (χ2n) is 3.44. The van der Waals surface area contributed by atoms with Gasteiger partial charge in [0.25, 0.3) is 5.91 Å². The minimum atomic E-state index is -3.72. The van der Waals surface area contributed by atoms with Gasteiger partial charge >= 0.3 is 5.92 Å². The first kappa shape index (κ1) is 14.5. The van der Waals surface area contributed by atoms with Crippen LogP contribution in [0.25, 0.3) is 0 Å². The topological polar surface area (TPSA) is 61.4 Å². The smallest absolute Gasteiger partial charge is 0.352 e. The third-order valence-corrected chi connectivity index (χ3v) is 2.53. The molecule has 0 radical (unpaired) electrons. The molecule has 1 aliphatic rings. The van der Waals surface area contributed by atoms with Crippen LogP contribution < -0.4 is 10.6 Å². The average Bonchev–Trinajstić information content (AvgIpc) is 2.17. The molecule has 0 aromatic carbocycles. The molecule has 1 heterocycles. The van der Waals surface area contributed by atoms with Gasteiger partial charge in [-0.15, -0.1) is 12.4 Å². The highest BCUT2D eigenvalue weighted by Gasteiger charge is 2.57. The quantitative estimate of drug-likeness (QED) is 0.636. The molecule has 3 N–H and O–H groups in total. The van der Waals surface area contributed by atoms with E-state index >= 15 is 0 Å². The highest BCUT2D eigenvalue weighted by Crippen LogP contribution is 2.35. The molecule has 4 nitrogen and oxygen atoms in total. The van der Waals surface area contributed by atoms with Gasteiger partial charge in [-0.05, 0) is 25.9 Å². The Morgan fingerprint density at radius 1 is 1.47 bits per heavy atom. The van der Waals surface area contributed by atoms with E-state index in [0.717, 1.165) is 7.05 Å². The van der Waals surface area contributed by atoms with Gasteiger partial charge in [-0.3, -0.25) is 4.79 Å². The van der Waals surface area contributed by atoms with Crippen LogP contribution in [0, 0.1) is 0 Å². The second kappa shape index (κ2) is 5.05. The fraction of sp³-hybridized carbons (Fsp3) is 0.875. The first-order chi connectivity index (χ1) is 6.44. The van der Waals surface area contributed by atoms with Crippen molar-refractivity contribution in [1.82, 2.24) is 10.6 Å². The molecule has 1 rings (SSSR count). The summed E-state index contributed by atoms with van der Waals surface area (Å²) in [5.41, 5.74) is -2.21. The van der Waals surface area contributed by atoms with E-state index in [4.69, 9.17) is 0 Å². The molecule has 7 heteroatoms. The first-order valence-corrected chi connectivity index (χ1v) is 4.47. The number of alkyl halides is 2. The lowest BCUT2D eigenvalue weighted by molar-refractivity contribution is -0.199. The van der Waals surface area contributed by atoms with Crippen molar-refractivity contribution in [2.45, 2.75) is 24.4 Å². The molecular weight excluding hydrogens is 230 g/mol. The van der Waals surface area contributed by atoms with E-state index in [1.165, 1.54) is 0 Å². The SMILES string of the molecule is CNC(=O)C(F)(F)C1(O)CCNCC1.Cl. The third-order valence-electron chi connectivity index (χ3n) is 2.53. The van der Waals surface area contributed by atoms with Crippen LogP contribution in [0.5, 0.6) is 0 Å². The van der Waals surface area contributed by atoms with Crippen LogP contribution in [0.1, 0.15) is 12.8 Å². The van der Waals surface area contributed by atoms with E-state index in [9.17, 15) is 18.7 Å². The van der Waals surface area contributed by atoms with Crippen molar-refractivity contribution in [3.05, 3.63) is 0 Å². The zero-order chi connectivity index (χ0) is 10.8. The normalized spacial score (nSPS) is 20.3. The number of nitrogens with one attached hydrogen (secondary N) is 2. The number of piperidine rings is 1. The number of hydrogen-bond acceptors (Lipinski definition) is 3. The Bertz CT molecular complexity index is 233. The van der Waals surface area contributed by atoms with E-state index < -0.39 is 17.4 Å². The summed E-state index contributed by atoms with van der Waals surface area (Å²) in [6.45, 7) is 0.589. The first-order valence-electron chi connectivity index (χ1n) is 4.47. The second-order valence-corrected chi connectivity index (χ2v) is 3.44. The van der Waals surface area contributed by atoms with Crippen molar-refractivity contribution < 1.29 is 18.7 Å². The van der Waals surface area contributed by atoms with Crippen LogP contribution in [0.15, 0.2) is 0 Å². The zero-order valence-corrected chi connectivity index (χ0v) is 9.16. The summed E-state index contributed by atoms with van der Waals surface area (Å²) in [6, 6.07) is 0. The summed E-state index contributed by atoms with van der Waals surface area (Å²) in [6.07, 6.45) is -0.235. The van der Waals surface area contributed by atoms with Crippen LogP contribution in [0.4, 0.5) is 8.78 Å². The number of hydrogen-bond donors (Lipinski definition) is 3. The Morgan fingerprint density at radius 2 is 1.93 bits per heavy atom. The minimum Gasteiger partial charge on any atom is -0.383 e. The summed E-state index contributed by atoms with van der Waals surface area (Å²) < 4.78 is 26.8. The lowest BCUT2D eigenvalue weighted by atomic mass is 9.85. The fourth-order valence-electron chi connectivity index (χ4n) is 1.52. The molecule has 0 aromatic rings. The molecule has 90 valence electrons. The molecule has 0 bridgehead atoms. The lowest BCUT2D eigenvalue weighted by Crippen LogP contribution is -2.60. The number of rotatable bonds is 2. The van der Waals surface area contributed by atoms with E-state index in [0.29, 0.717) is 13.1 Å². The lowest BCUT2D eigenvalue weighted by Gasteiger charge is -2.37. The van der Waals surface area contributed by atoms with Crippen LogP contribution in [-0.4, -0.2) is 42.7 Å². The Morgan fingerprint density at radius 3 is 2.33 bits per heavy atom. The summed E-state index contributed by atoms with van der Waals surface area (Å²) in [4.78, 5) is 10.9. The molecule has 0 saturated carbocycles. The van der Waals surface area contributed by atoms with Crippen molar-refractivity contribution in [1.29, 1.82) is 0 Å². The maximum absolute atomic E-state index is 13.4. The Hall–Kier alpha value is -0.460. The number of aliphatic hydroxyl groups is 1. The summed E-state index contributed by atoms with van der Waals surface area (Å²) in [7, 11) is 1.13. The van der Waals surface area contributed by atoms with Gasteiger partial charge in [0.05, 0.1) is 0 Å². The Kier molecular flexibility index (Phi) is 4.89. The Labute approximate surface area is 92.8 Å². The van der Waals surface area contributed by atoms with Crippen LogP contribution in [-0.2, 0) is 4.79 Å². The maximum atomic E-state index is 13.4. The van der Waals surface area contributed by atoms with Crippen molar-refractivity contribution in [3.8, 4) is 0 Å². The predicted molar refractivity (Wildman–Crippen MR) is 53.3 cm³/mol. The van der Waals surface area contributed by atoms with Crippen molar-refractivity contribution >= 4 is 18.3 Å². The monoisotopic (exact) mass is 244 g/mol. The van der Waals surface area contributed by atoms with E-state index in [-0.39, 0.29) is 25.2 Å². The third kappa shape index (κ3) is 2.56. The molecule has 0 aliphatic carbocycles. The van der Waals surface area contributed by atoms with Crippen molar-refractivity contribution in [3.63, 3.8) is 0 Å². The summed E-state index contributed by atoms with van der Waals surface area (Å²) >= 11 is 0. The molecule has 0 aromatic heterocycles. The van der Waals surface area contributed by atoms with Crippen molar-refractivity contribution in [2.24, 2.45) is 0 Å². The van der Waals surface area contributed by atoms with Gasteiger partial charge in [-0.2, -0.15) is 8.78 Å². The number of amides is 1. The van der Waals surface area contributed by atoms with E-state index in [1.807, 2.05) is 5.32 Å². The molecule has 0 atom stereocenters. The standard InChI is InChI=1S/C8H14F2N2O2.ClH/c1-11-6(13)8(9,10)7(14)2-4-12-5-3-7;/h12,14H,2-5H2,1H3,(H,11,13);1H. The van der Waals surface area contributed by atoms with Crippen molar-refractivity contribution in [2.75, 3.05) is 20.1 Å². The van der Waals surface area contributed by atoms with Gasteiger partial charge in [0, 0.05) is 7.05 Å². The average molecular weight is 245 g/mol. The molecule has 1 saturated heterocycles. The largest absolute Gasteiger partial charge is 0.383 e. The van der Waals surface area contributed by atoms with E-state index in [2.05, 4.69) is 5.32 Å². The Balaban J connectivity index is 0.00000196. The van der Waals surface area contributed by atoms with Gasteiger partial charge in [-0.1, -0.05) is 0 Å². The van der Waals surface area contributed by atoms with Gasteiger partial charge in [0.2, 0.25) is 0 Å².